The molecule has 0 saturated heterocycles. The zero-order valence-corrected chi connectivity index (χ0v) is 19.7. The number of halogens is 4. The molecule has 0 heterocycles. The van der Waals surface area contributed by atoms with Crippen molar-refractivity contribution in [1.29, 1.82) is 0 Å². The molecular formula is C23H19ClF3N3O4S. The number of benzene rings is 3. The molecule has 12 heteroatoms. The number of amides is 1. The number of hydrogen-bond donors (Lipinski definition) is 1. The lowest BCUT2D eigenvalue weighted by molar-refractivity contribution is -0.137. The van der Waals surface area contributed by atoms with E-state index in [1.54, 1.807) is 0 Å². The van der Waals surface area contributed by atoms with Gasteiger partial charge < -0.3 is 4.74 Å². The van der Waals surface area contributed by atoms with Gasteiger partial charge in [-0.15, -0.1) is 0 Å². The Morgan fingerprint density at radius 1 is 1.06 bits per heavy atom. The number of nitrogens with zero attached hydrogens (tertiary/aromatic N) is 2. The second-order valence-corrected chi connectivity index (χ2v) is 9.34. The molecule has 0 aliphatic carbocycles. The average molecular weight is 526 g/mol. The van der Waals surface area contributed by atoms with E-state index in [0.717, 1.165) is 16.6 Å². The molecule has 1 N–H and O–H groups in total. The first-order chi connectivity index (χ1) is 16.5. The lowest BCUT2D eigenvalue weighted by Gasteiger charge is -2.23. The number of carbonyl (C=O) groups excluding carboxylic acids is 1. The summed E-state index contributed by atoms with van der Waals surface area (Å²) in [5.41, 5.74) is 1.03. The van der Waals surface area contributed by atoms with Gasteiger partial charge in [0.15, 0.2) is 0 Å². The van der Waals surface area contributed by atoms with Crippen LogP contribution in [0.25, 0.3) is 0 Å². The van der Waals surface area contributed by atoms with Gasteiger partial charge in [-0.3, -0.25) is 9.10 Å². The fraction of sp³-hybridized carbons (Fsp3) is 0.130. The maximum absolute atomic E-state index is 13.3. The number of sulfonamides is 1. The second kappa shape index (κ2) is 10.8. The first kappa shape index (κ1) is 26.0. The van der Waals surface area contributed by atoms with E-state index in [1.807, 2.05) is 0 Å². The number of nitrogens with one attached hydrogen (secondary N) is 1. The van der Waals surface area contributed by atoms with Crippen molar-refractivity contribution < 1.29 is 31.1 Å². The molecule has 0 bridgehead atoms. The smallest absolute Gasteiger partial charge is 0.417 e. The van der Waals surface area contributed by atoms with Gasteiger partial charge in [0.1, 0.15) is 12.3 Å². The number of ether oxygens (including phenoxy) is 1. The molecule has 1 amide bonds. The number of carbonyl (C=O) groups is 1. The van der Waals surface area contributed by atoms with Crippen LogP contribution in [-0.2, 0) is 21.0 Å². The molecule has 0 saturated carbocycles. The van der Waals surface area contributed by atoms with Gasteiger partial charge in [0, 0.05) is 10.6 Å². The van der Waals surface area contributed by atoms with Gasteiger partial charge in [-0.05, 0) is 54.6 Å². The van der Waals surface area contributed by atoms with Crippen LogP contribution in [-0.4, -0.2) is 34.2 Å². The standard InChI is InChI=1S/C23H19ClF3N3O4S/c1-34-19-10-12-20(13-11-19)35(32,33)30(18-8-6-17(24)7-9-18)15-22(31)29-28-14-16-4-2-3-5-21(16)23(25,26)27/h2-14H,15H2,1H3,(H,29,31)/b28-14+. The van der Waals surface area contributed by atoms with Gasteiger partial charge >= 0.3 is 6.18 Å². The monoisotopic (exact) mass is 525 g/mol. The topological polar surface area (TPSA) is 88.1 Å². The van der Waals surface area contributed by atoms with Crippen molar-refractivity contribution in [3.05, 3.63) is 88.9 Å². The van der Waals surface area contributed by atoms with E-state index < -0.39 is 34.2 Å². The molecular weight excluding hydrogens is 507 g/mol. The number of rotatable bonds is 8. The fourth-order valence-corrected chi connectivity index (χ4v) is 4.55. The lowest BCUT2D eigenvalue weighted by Crippen LogP contribution is -2.39. The molecule has 0 aliphatic heterocycles. The first-order valence-electron chi connectivity index (χ1n) is 9.93. The molecule has 0 aliphatic rings. The Bertz CT molecular complexity index is 1310. The molecule has 35 heavy (non-hydrogen) atoms. The summed E-state index contributed by atoms with van der Waals surface area (Å²) in [6, 6.07) is 16.0. The van der Waals surface area contributed by atoms with Crippen molar-refractivity contribution >= 4 is 39.4 Å². The highest BCUT2D eigenvalue weighted by Gasteiger charge is 2.32. The summed E-state index contributed by atoms with van der Waals surface area (Å²) >= 11 is 5.90. The quantitative estimate of drug-likeness (QED) is 0.341. The first-order valence-corrected chi connectivity index (χ1v) is 11.7. The Kier molecular flexibility index (Phi) is 8.03. The molecule has 3 aromatic rings. The van der Waals surface area contributed by atoms with Crippen molar-refractivity contribution in [3.63, 3.8) is 0 Å². The summed E-state index contributed by atoms with van der Waals surface area (Å²) in [4.78, 5) is 12.4. The molecule has 0 atom stereocenters. The van der Waals surface area contributed by atoms with Crippen LogP contribution in [0, 0.1) is 0 Å². The minimum absolute atomic E-state index is 0.108. The van der Waals surface area contributed by atoms with Crippen LogP contribution in [0.4, 0.5) is 18.9 Å². The maximum atomic E-state index is 13.3. The van der Waals surface area contributed by atoms with E-state index in [9.17, 15) is 26.4 Å². The van der Waals surface area contributed by atoms with E-state index in [1.165, 1.54) is 73.8 Å². The Labute approximate surface area is 204 Å². The highest BCUT2D eigenvalue weighted by Crippen LogP contribution is 2.31. The summed E-state index contributed by atoms with van der Waals surface area (Å²) in [6.45, 7) is -0.700. The number of alkyl halides is 3. The summed E-state index contributed by atoms with van der Waals surface area (Å²) in [6.07, 6.45) is -3.77. The highest BCUT2D eigenvalue weighted by atomic mass is 35.5. The predicted molar refractivity (Wildman–Crippen MR) is 126 cm³/mol. The summed E-state index contributed by atoms with van der Waals surface area (Å²) in [7, 11) is -2.79. The largest absolute Gasteiger partial charge is 0.497 e. The van der Waals surface area contributed by atoms with Gasteiger partial charge in [0.25, 0.3) is 15.9 Å². The third-order valence-corrected chi connectivity index (χ3v) is 6.75. The second-order valence-electron chi connectivity index (χ2n) is 7.04. The molecule has 0 radical (unpaired) electrons. The third-order valence-electron chi connectivity index (χ3n) is 4.71. The molecule has 184 valence electrons. The van der Waals surface area contributed by atoms with Crippen molar-refractivity contribution in [1.82, 2.24) is 5.43 Å². The molecule has 0 fully saturated rings. The van der Waals surface area contributed by atoms with Crippen molar-refractivity contribution in [2.75, 3.05) is 18.0 Å². The van der Waals surface area contributed by atoms with E-state index >= 15 is 0 Å². The van der Waals surface area contributed by atoms with Crippen molar-refractivity contribution in [2.24, 2.45) is 5.10 Å². The Balaban J connectivity index is 1.85. The Hall–Kier alpha value is -3.57. The van der Waals surface area contributed by atoms with Crippen LogP contribution in [0.5, 0.6) is 5.75 Å². The van der Waals surface area contributed by atoms with Crippen molar-refractivity contribution in [3.8, 4) is 5.75 Å². The molecule has 0 aromatic heterocycles. The summed E-state index contributed by atoms with van der Waals surface area (Å²) in [5.74, 6) is -0.439. The number of anilines is 1. The van der Waals surface area contributed by atoms with E-state index in [-0.39, 0.29) is 16.1 Å². The minimum atomic E-state index is -4.61. The van der Waals surface area contributed by atoms with Crippen molar-refractivity contribution in [2.45, 2.75) is 11.1 Å². The fourth-order valence-electron chi connectivity index (χ4n) is 3.00. The minimum Gasteiger partial charge on any atom is -0.497 e. The van der Waals surface area contributed by atoms with Crippen LogP contribution in [0.2, 0.25) is 5.02 Å². The highest BCUT2D eigenvalue weighted by molar-refractivity contribution is 7.92. The van der Waals surface area contributed by atoms with Gasteiger partial charge in [-0.2, -0.15) is 18.3 Å². The SMILES string of the molecule is COc1ccc(S(=O)(=O)N(CC(=O)N/N=C/c2ccccc2C(F)(F)F)c2ccc(Cl)cc2)cc1. The molecule has 3 aromatic carbocycles. The van der Waals surface area contributed by atoms with Gasteiger partial charge in [0.2, 0.25) is 0 Å². The maximum Gasteiger partial charge on any atom is 0.417 e. The van der Waals surface area contributed by atoms with Crippen LogP contribution in [0.15, 0.2) is 82.8 Å². The van der Waals surface area contributed by atoms with E-state index in [4.69, 9.17) is 16.3 Å². The molecule has 0 unspecified atom stereocenters. The molecule has 7 nitrogen and oxygen atoms in total. The Morgan fingerprint density at radius 3 is 2.29 bits per heavy atom. The predicted octanol–water partition coefficient (Wildman–Crippen LogP) is 4.71. The van der Waals surface area contributed by atoms with E-state index in [2.05, 4.69) is 10.5 Å². The number of methoxy groups -OCH3 is 1. The average Bonchev–Trinajstić information content (AvgIpc) is 2.83. The number of hydrazone groups is 1. The summed E-state index contributed by atoms with van der Waals surface area (Å²) < 4.78 is 71.9. The zero-order chi connectivity index (χ0) is 25.6. The van der Waals surface area contributed by atoms with Crippen LogP contribution >= 0.6 is 11.6 Å². The summed E-state index contributed by atoms with van der Waals surface area (Å²) in [5, 5.41) is 3.92. The Morgan fingerprint density at radius 2 is 1.69 bits per heavy atom. The molecule has 0 spiro atoms. The van der Waals surface area contributed by atoms with Crippen LogP contribution in [0.3, 0.4) is 0 Å². The van der Waals surface area contributed by atoms with Crippen LogP contribution < -0.4 is 14.5 Å². The van der Waals surface area contributed by atoms with E-state index in [0.29, 0.717) is 10.8 Å². The third kappa shape index (κ3) is 6.52. The van der Waals surface area contributed by atoms with Gasteiger partial charge in [0.05, 0.1) is 29.5 Å². The van der Waals surface area contributed by atoms with Gasteiger partial charge in [-0.25, -0.2) is 13.8 Å². The molecule has 3 rings (SSSR count). The number of hydrogen-bond acceptors (Lipinski definition) is 5. The zero-order valence-electron chi connectivity index (χ0n) is 18.2. The normalized spacial score (nSPS) is 11.9. The van der Waals surface area contributed by atoms with Crippen LogP contribution in [0.1, 0.15) is 11.1 Å². The lowest BCUT2D eigenvalue weighted by atomic mass is 10.1. The van der Waals surface area contributed by atoms with Gasteiger partial charge in [-0.1, -0.05) is 29.8 Å².